The average molecular weight is 414 g/mol. The molecular formula is C26H23FN2O2. The van der Waals surface area contributed by atoms with Crippen LogP contribution in [0.1, 0.15) is 32.7 Å². The van der Waals surface area contributed by atoms with Crippen LogP contribution in [0.2, 0.25) is 0 Å². The molecule has 156 valence electrons. The Balaban J connectivity index is 1.59. The number of carbonyl (C=O) groups is 1. The fourth-order valence-electron chi connectivity index (χ4n) is 3.39. The fourth-order valence-corrected chi connectivity index (χ4v) is 3.39. The molecule has 0 aliphatic carbocycles. The van der Waals surface area contributed by atoms with Gasteiger partial charge in [0.15, 0.2) is 5.76 Å². The van der Waals surface area contributed by atoms with Crippen molar-refractivity contribution in [2.24, 2.45) is 0 Å². The van der Waals surface area contributed by atoms with Crippen LogP contribution in [-0.4, -0.2) is 16.0 Å². The highest BCUT2D eigenvalue weighted by Gasteiger charge is 2.19. The lowest BCUT2D eigenvalue weighted by Gasteiger charge is -2.22. The molecule has 5 heteroatoms. The number of aromatic nitrogens is 1. The zero-order valence-electron chi connectivity index (χ0n) is 17.5. The second-order valence-corrected chi connectivity index (χ2v) is 7.64. The number of amides is 1. The lowest BCUT2D eigenvalue weighted by atomic mass is 10.0. The number of hydrogen-bond donors (Lipinski definition) is 0. The van der Waals surface area contributed by atoms with E-state index in [1.165, 1.54) is 35.4 Å². The van der Waals surface area contributed by atoms with E-state index in [-0.39, 0.29) is 18.3 Å². The van der Waals surface area contributed by atoms with Gasteiger partial charge in [0.1, 0.15) is 11.5 Å². The van der Waals surface area contributed by atoms with Crippen molar-refractivity contribution in [2.75, 3.05) is 0 Å². The number of rotatable bonds is 6. The van der Waals surface area contributed by atoms with Crippen LogP contribution in [0.25, 0.3) is 11.3 Å². The zero-order chi connectivity index (χ0) is 21.8. The van der Waals surface area contributed by atoms with Crippen molar-refractivity contribution in [3.8, 4) is 11.3 Å². The maximum atomic E-state index is 13.3. The monoisotopic (exact) mass is 414 g/mol. The van der Waals surface area contributed by atoms with Crippen LogP contribution in [0.15, 0.2) is 83.4 Å². The van der Waals surface area contributed by atoms with E-state index in [1.54, 1.807) is 4.90 Å². The Hall–Kier alpha value is -3.73. The van der Waals surface area contributed by atoms with Crippen LogP contribution >= 0.6 is 0 Å². The molecule has 0 spiro atoms. The molecule has 3 aromatic carbocycles. The van der Waals surface area contributed by atoms with Gasteiger partial charge < -0.3 is 9.42 Å². The molecule has 4 aromatic rings. The summed E-state index contributed by atoms with van der Waals surface area (Å²) in [5.41, 5.74) is 5.40. The number of nitrogens with zero attached hydrogens (tertiary/aromatic N) is 2. The molecule has 0 atom stereocenters. The van der Waals surface area contributed by atoms with Gasteiger partial charge in [0, 0.05) is 23.7 Å². The Labute approximate surface area is 180 Å². The summed E-state index contributed by atoms with van der Waals surface area (Å²) in [7, 11) is 0. The lowest BCUT2D eigenvalue weighted by molar-refractivity contribution is 0.0726. The average Bonchev–Trinajstić information content (AvgIpc) is 3.24. The van der Waals surface area contributed by atoms with E-state index in [0.717, 1.165) is 11.1 Å². The molecule has 0 saturated heterocycles. The van der Waals surface area contributed by atoms with Gasteiger partial charge in [0.25, 0.3) is 5.91 Å². The van der Waals surface area contributed by atoms with Crippen molar-refractivity contribution >= 4 is 5.91 Å². The van der Waals surface area contributed by atoms with E-state index < -0.39 is 0 Å². The second kappa shape index (κ2) is 8.96. The minimum Gasteiger partial charge on any atom is -0.356 e. The molecular weight excluding hydrogens is 391 g/mol. The maximum Gasteiger partial charge on any atom is 0.254 e. The van der Waals surface area contributed by atoms with E-state index in [9.17, 15) is 9.18 Å². The maximum absolute atomic E-state index is 13.3. The van der Waals surface area contributed by atoms with Crippen molar-refractivity contribution in [2.45, 2.75) is 26.9 Å². The summed E-state index contributed by atoms with van der Waals surface area (Å²) in [4.78, 5) is 14.9. The lowest BCUT2D eigenvalue weighted by Crippen LogP contribution is -2.30. The molecule has 0 aliphatic heterocycles. The third kappa shape index (κ3) is 4.89. The highest BCUT2D eigenvalue weighted by molar-refractivity contribution is 5.94. The highest BCUT2D eigenvalue weighted by atomic mass is 19.1. The van der Waals surface area contributed by atoms with Gasteiger partial charge >= 0.3 is 0 Å². The number of aryl methyl sites for hydroxylation is 2. The first-order chi connectivity index (χ1) is 15.0. The molecule has 1 aromatic heterocycles. The zero-order valence-corrected chi connectivity index (χ0v) is 17.5. The van der Waals surface area contributed by atoms with E-state index in [0.29, 0.717) is 23.6 Å². The predicted octanol–water partition coefficient (Wildman–Crippen LogP) is 5.94. The molecule has 0 aliphatic rings. The quantitative estimate of drug-likeness (QED) is 0.392. The Morgan fingerprint density at radius 1 is 0.903 bits per heavy atom. The molecule has 0 N–H and O–H groups in total. The molecule has 0 bridgehead atoms. The van der Waals surface area contributed by atoms with Crippen LogP contribution in [0, 0.1) is 19.7 Å². The molecule has 1 amide bonds. The van der Waals surface area contributed by atoms with Gasteiger partial charge in [-0.3, -0.25) is 4.79 Å². The SMILES string of the molecule is Cc1ccc(-c2cc(CN(Cc3ccccc3)C(=O)c3ccc(F)cc3)no2)cc1C. The molecule has 4 nitrogen and oxygen atoms in total. The molecule has 0 unspecified atom stereocenters. The Bertz CT molecular complexity index is 1180. The van der Waals surface area contributed by atoms with Crippen LogP contribution < -0.4 is 0 Å². The summed E-state index contributed by atoms with van der Waals surface area (Å²) >= 11 is 0. The smallest absolute Gasteiger partial charge is 0.254 e. The number of benzene rings is 3. The summed E-state index contributed by atoms with van der Waals surface area (Å²) < 4.78 is 18.9. The van der Waals surface area contributed by atoms with Crippen LogP contribution in [0.5, 0.6) is 0 Å². The number of carbonyl (C=O) groups excluding carboxylic acids is 1. The number of hydrogen-bond acceptors (Lipinski definition) is 3. The fraction of sp³-hybridized carbons (Fsp3) is 0.154. The summed E-state index contributed by atoms with van der Waals surface area (Å²) in [6, 6.07) is 23.3. The van der Waals surface area contributed by atoms with Gasteiger partial charge in [-0.15, -0.1) is 0 Å². The summed E-state index contributed by atoms with van der Waals surface area (Å²) in [6.07, 6.45) is 0. The molecule has 31 heavy (non-hydrogen) atoms. The Morgan fingerprint density at radius 2 is 1.65 bits per heavy atom. The third-order valence-electron chi connectivity index (χ3n) is 5.30. The second-order valence-electron chi connectivity index (χ2n) is 7.64. The first-order valence-corrected chi connectivity index (χ1v) is 10.1. The minimum absolute atomic E-state index is 0.195. The molecule has 1 heterocycles. The van der Waals surface area contributed by atoms with Gasteiger partial charge in [0.05, 0.1) is 6.54 Å². The summed E-state index contributed by atoms with van der Waals surface area (Å²) in [5.74, 6) is 0.0901. The van der Waals surface area contributed by atoms with Crippen molar-refractivity contribution in [3.05, 3.63) is 113 Å². The molecule has 4 rings (SSSR count). The van der Waals surface area contributed by atoms with Gasteiger partial charge in [-0.05, 0) is 60.9 Å². The standard InChI is InChI=1S/C26H23FN2O2/c1-18-8-9-22(14-19(18)2)25-15-24(28-31-25)17-29(16-20-6-4-3-5-7-20)26(30)21-10-12-23(27)13-11-21/h3-15H,16-17H2,1-2H3. The number of halogens is 1. The summed E-state index contributed by atoms with van der Waals surface area (Å²) in [6.45, 7) is 4.80. The Kier molecular flexibility index (Phi) is 5.94. The highest BCUT2D eigenvalue weighted by Crippen LogP contribution is 2.24. The molecule has 0 fully saturated rings. The van der Waals surface area contributed by atoms with E-state index in [1.807, 2.05) is 48.5 Å². The van der Waals surface area contributed by atoms with Crippen molar-refractivity contribution in [3.63, 3.8) is 0 Å². The van der Waals surface area contributed by atoms with Gasteiger partial charge in [-0.2, -0.15) is 0 Å². The van der Waals surface area contributed by atoms with Gasteiger partial charge in [-0.25, -0.2) is 4.39 Å². The van der Waals surface area contributed by atoms with Gasteiger partial charge in [-0.1, -0.05) is 47.6 Å². The first kappa shape index (κ1) is 20.5. The van der Waals surface area contributed by atoms with Gasteiger partial charge in [0.2, 0.25) is 0 Å². The van der Waals surface area contributed by atoms with E-state index in [2.05, 4.69) is 25.1 Å². The normalized spacial score (nSPS) is 10.8. The third-order valence-corrected chi connectivity index (χ3v) is 5.30. The van der Waals surface area contributed by atoms with Crippen molar-refractivity contribution in [1.29, 1.82) is 0 Å². The van der Waals surface area contributed by atoms with E-state index >= 15 is 0 Å². The molecule has 0 saturated carbocycles. The molecule has 0 radical (unpaired) electrons. The van der Waals surface area contributed by atoms with Crippen molar-refractivity contribution in [1.82, 2.24) is 10.1 Å². The first-order valence-electron chi connectivity index (χ1n) is 10.1. The van der Waals surface area contributed by atoms with Crippen molar-refractivity contribution < 1.29 is 13.7 Å². The van der Waals surface area contributed by atoms with Crippen LogP contribution in [0.4, 0.5) is 4.39 Å². The predicted molar refractivity (Wildman–Crippen MR) is 118 cm³/mol. The topological polar surface area (TPSA) is 46.3 Å². The largest absolute Gasteiger partial charge is 0.356 e. The van der Waals surface area contributed by atoms with Crippen LogP contribution in [-0.2, 0) is 13.1 Å². The Morgan fingerprint density at radius 3 is 2.35 bits per heavy atom. The summed E-state index contributed by atoms with van der Waals surface area (Å²) in [5, 5.41) is 4.19. The van der Waals surface area contributed by atoms with Crippen LogP contribution in [0.3, 0.4) is 0 Å². The minimum atomic E-state index is -0.374. The van der Waals surface area contributed by atoms with E-state index in [4.69, 9.17) is 4.52 Å².